The fourth-order valence-electron chi connectivity index (χ4n) is 2.76. The van der Waals surface area contributed by atoms with Gasteiger partial charge in [0.25, 0.3) is 0 Å². The van der Waals surface area contributed by atoms with Gasteiger partial charge in [-0.25, -0.2) is 4.98 Å². The summed E-state index contributed by atoms with van der Waals surface area (Å²) in [7, 11) is 0. The number of carbonyl (C=O) groups is 1. The molecule has 0 spiro atoms. The van der Waals surface area contributed by atoms with Crippen molar-refractivity contribution in [1.29, 1.82) is 0 Å². The first-order chi connectivity index (χ1) is 11.2. The Hall–Kier alpha value is -2.14. The molecule has 5 heteroatoms. The number of hydrogen-bond donors (Lipinski definition) is 2. The van der Waals surface area contributed by atoms with Crippen LogP contribution in [0.4, 0.5) is 0 Å². The zero-order valence-corrected chi connectivity index (χ0v) is 13.5. The Morgan fingerprint density at radius 2 is 2.17 bits per heavy atom. The molecule has 0 saturated carbocycles. The monoisotopic (exact) mass is 313 g/mol. The Kier molecular flexibility index (Phi) is 5.08. The van der Waals surface area contributed by atoms with Gasteiger partial charge in [0.15, 0.2) is 0 Å². The van der Waals surface area contributed by atoms with E-state index in [4.69, 9.17) is 4.42 Å². The van der Waals surface area contributed by atoms with Gasteiger partial charge >= 0.3 is 0 Å². The molecule has 1 unspecified atom stereocenters. The van der Waals surface area contributed by atoms with E-state index in [0.29, 0.717) is 18.9 Å². The van der Waals surface area contributed by atoms with Crippen molar-refractivity contribution < 1.29 is 9.21 Å². The van der Waals surface area contributed by atoms with Crippen molar-refractivity contribution >= 4 is 5.91 Å². The number of nitrogens with one attached hydrogen (secondary N) is 2. The molecule has 0 radical (unpaired) electrons. The quantitative estimate of drug-likeness (QED) is 0.890. The van der Waals surface area contributed by atoms with E-state index in [2.05, 4.69) is 22.5 Å². The molecule has 1 fully saturated rings. The summed E-state index contributed by atoms with van der Waals surface area (Å²) in [6, 6.07) is 8.04. The lowest BCUT2D eigenvalue weighted by molar-refractivity contribution is -0.123. The first-order valence-electron chi connectivity index (χ1n) is 8.25. The zero-order valence-electron chi connectivity index (χ0n) is 13.5. The van der Waals surface area contributed by atoms with Crippen LogP contribution in [0.15, 0.2) is 34.9 Å². The number of hydrogen-bond acceptors (Lipinski definition) is 4. The molecule has 1 atom stereocenters. The summed E-state index contributed by atoms with van der Waals surface area (Å²) in [5.74, 6) is 0.715. The van der Waals surface area contributed by atoms with Crippen LogP contribution in [0, 0.1) is 6.92 Å². The molecule has 1 aromatic carbocycles. The summed E-state index contributed by atoms with van der Waals surface area (Å²) >= 11 is 0. The lowest BCUT2D eigenvalue weighted by Crippen LogP contribution is -2.47. The van der Waals surface area contributed by atoms with Crippen LogP contribution in [0.25, 0.3) is 11.5 Å². The van der Waals surface area contributed by atoms with Crippen LogP contribution in [0.1, 0.15) is 30.5 Å². The van der Waals surface area contributed by atoms with E-state index in [9.17, 15) is 4.79 Å². The first kappa shape index (κ1) is 15.7. The van der Waals surface area contributed by atoms with Gasteiger partial charge in [-0.3, -0.25) is 4.79 Å². The van der Waals surface area contributed by atoms with E-state index in [1.165, 1.54) is 5.56 Å². The van der Waals surface area contributed by atoms with Crippen molar-refractivity contribution in [2.24, 2.45) is 0 Å². The maximum atomic E-state index is 12.0. The molecule has 122 valence electrons. The van der Waals surface area contributed by atoms with Gasteiger partial charge in [-0.2, -0.15) is 0 Å². The van der Waals surface area contributed by atoms with E-state index < -0.39 is 0 Å². The number of rotatable bonds is 5. The fraction of sp³-hybridized carbons (Fsp3) is 0.444. The third-order valence-electron chi connectivity index (χ3n) is 4.16. The van der Waals surface area contributed by atoms with Gasteiger partial charge in [-0.1, -0.05) is 24.1 Å². The molecule has 1 aliphatic heterocycles. The van der Waals surface area contributed by atoms with Crippen molar-refractivity contribution in [1.82, 2.24) is 15.6 Å². The van der Waals surface area contributed by atoms with Crippen molar-refractivity contribution in [3.63, 3.8) is 0 Å². The third kappa shape index (κ3) is 4.20. The van der Waals surface area contributed by atoms with Crippen molar-refractivity contribution in [2.75, 3.05) is 13.1 Å². The van der Waals surface area contributed by atoms with Crippen LogP contribution in [0.3, 0.4) is 0 Å². The largest absolute Gasteiger partial charge is 0.444 e. The standard InChI is InChI=1S/C18H23N3O2/c1-13-5-7-14(8-6-13)18-21-15(12-23-18)9-11-20-17(22)16-4-2-3-10-19-16/h5-8,12,16,19H,2-4,9-11H2,1H3,(H,20,22). The highest BCUT2D eigenvalue weighted by Gasteiger charge is 2.19. The van der Waals surface area contributed by atoms with Crippen molar-refractivity contribution in [3.05, 3.63) is 41.8 Å². The molecule has 2 aromatic rings. The molecular weight excluding hydrogens is 290 g/mol. The SMILES string of the molecule is Cc1ccc(-c2nc(CCNC(=O)C3CCCCN3)co2)cc1. The number of nitrogens with zero attached hydrogens (tertiary/aromatic N) is 1. The Balaban J connectivity index is 1.49. The molecule has 0 bridgehead atoms. The number of aromatic nitrogens is 1. The molecule has 1 aromatic heterocycles. The molecule has 0 aliphatic carbocycles. The Bertz CT molecular complexity index is 643. The van der Waals surface area contributed by atoms with Gasteiger partial charge in [0, 0.05) is 18.5 Å². The summed E-state index contributed by atoms with van der Waals surface area (Å²) in [6.45, 7) is 3.56. The van der Waals surface area contributed by atoms with E-state index in [0.717, 1.165) is 37.1 Å². The van der Waals surface area contributed by atoms with Gasteiger partial charge in [-0.15, -0.1) is 0 Å². The van der Waals surface area contributed by atoms with Crippen LogP contribution in [-0.2, 0) is 11.2 Å². The molecule has 2 heterocycles. The molecule has 2 N–H and O–H groups in total. The summed E-state index contributed by atoms with van der Waals surface area (Å²) in [5.41, 5.74) is 3.04. The average molecular weight is 313 g/mol. The summed E-state index contributed by atoms with van der Waals surface area (Å²) < 4.78 is 5.53. The number of benzene rings is 1. The first-order valence-corrected chi connectivity index (χ1v) is 8.25. The molecule has 3 rings (SSSR count). The third-order valence-corrected chi connectivity index (χ3v) is 4.16. The lowest BCUT2D eigenvalue weighted by Gasteiger charge is -2.22. The van der Waals surface area contributed by atoms with E-state index in [-0.39, 0.29) is 11.9 Å². The Morgan fingerprint density at radius 3 is 2.91 bits per heavy atom. The average Bonchev–Trinajstić information content (AvgIpc) is 3.05. The second kappa shape index (κ2) is 7.42. The van der Waals surface area contributed by atoms with Gasteiger partial charge in [0.1, 0.15) is 6.26 Å². The van der Waals surface area contributed by atoms with E-state index in [1.54, 1.807) is 6.26 Å². The van der Waals surface area contributed by atoms with Crippen LogP contribution in [-0.4, -0.2) is 30.0 Å². The summed E-state index contributed by atoms with van der Waals surface area (Å²) in [5, 5.41) is 6.23. The minimum Gasteiger partial charge on any atom is -0.444 e. The highest BCUT2D eigenvalue weighted by Crippen LogP contribution is 2.19. The number of amides is 1. The minimum absolute atomic E-state index is 0.0378. The topological polar surface area (TPSA) is 67.2 Å². The number of oxazole rings is 1. The number of aryl methyl sites for hydroxylation is 1. The smallest absolute Gasteiger partial charge is 0.237 e. The normalized spacial score (nSPS) is 17.9. The van der Waals surface area contributed by atoms with Gasteiger partial charge in [0.2, 0.25) is 11.8 Å². The molecule has 1 amide bonds. The zero-order chi connectivity index (χ0) is 16.1. The van der Waals surface area contributed by atoms with Gasteiger partial charge < -0.3 is 15.1 Å². The Labute approximate surface area is 136 Å². The molecule has 1 saturated heterocycles. The van der Waals surface area contributed by atoms with E-state index in [1.807, 2.05) is 24.3 Å². The lowest BCUT2D eigenvalue weighted by atomic mass is 10.0. The highest BCUT2D eigenvalue weighted by molar-refractivity contribution is 5.81. The van der Waals surface area contributed by atoms with Crippen LogP contribution in [0.2, 0.25) is 0 Å². The van der Waals surface area contributed by atoms with Crippen molar-refractivity contribution in [3.8, 4) is 11.5 Å². The van der Waals surface area contributed by atoms with Crippen LogP contribution in [0.5, 0.6) is 0 Å². The second-order valence-electron chi connectivity index (χ2n) is 6.05. The van der Waals surface area contributed by atoms with Crippen LogP contribution < -0.4 is 10.6 Å². The van der Waals surface area contributed by atoms with Crippen LogP contribution >= 0.6 is 0 Å². The summed E-state index contributed by atoms with van der Waals surface area (Å²) in [6.07, 6.45) is 5.54. The maximum Gasteiger partial charge on any atom is 0.237 e. The molecule has 23 heavy (non-hydrogen) atoms. The Morgan fingerprint density at radius 1 is 1.35 bits per heavy atom. The molecular formula is C18H23N3O2. The predicted octanol–water partition coefficient (Wildman–Crippen LogP) is 2.45. The maximum absolute atomic E-state index is 12.0. The van der Waals surface area contributed by atoms with Crippen molar-refractivity contribution in [2.45, 2.75) is 38.6 Å². The predicted molar refractivity (Wildman–Crippen MR) is 89.0 cm³/mol. The fourth-order valence-corrected chi connectivity index (χ4v) is 2.76. The second-order valence-corrected chi connectivity index (χ2v) is 6.05. The number of carbonyl (C=O) groups excluding carboxylic acids is 1. The number of piperidine rings is 1. The minimum atomic E-state index is -0.0378. The van der Waals surface area contributed by atoms with Gasteiger partial charge in [-0.05, 0) is 38.4 Å². The van der Waals surface area contributed by atoms with E-state index >= 15 is 0 Å². The molecule has 5 nitrogen and oxygen atoms in total. The summed E-state index contributed by atoms with van der Waals surface area (Å²) in [4.78, 5) is 16.5. The van der Waals surface area contributed by atoms with Gasteiger partial charge in [0.05, 0.1) is 11.7 Å². The molecule has 1 aliphatic rings. The highest BCUT2D eigenvalue weighted by atomic mass is 16.3.